The van der Waals surface area contributed by atoms with Gasteiger partial charge in [0.25, 0.3) is 0 Å². The van der Waals surface area contributed by atoms with Gasteiger partial charge in [-0.05, 0) is 80.0 Å². The first-order chi connectivity index (χ1) is 33.0. The van der Waals surface area contributed by atoms with Crippen LogP contribution in [0.15, 0.2) is 79.1 Å². The molecule has 3 aromatic heterocycles. The maximum Gasteiger partial charge on any atom is 0.416 e. The van der Waals surface area contributed by atoms with Gasteiger partial charge in [-0.25, -0.2) is 19.6 Å². The summed E-state index contributed by atoms with van der Waals surface area (Å²) in [6.07, 6.45) is -0.393. The number of hydrogen-bond acceptors (Lipinski definition) is 9. The van der Waals surface area contributed by atoms with Gasteiger partial charge in [0.2, 0.25) is 18.0 Å². The van der Waals surface area contributed by atoms with Crippen molar-refractivity contribution in [1.29, 1.82) is 0 Å². The fourth-order valence-electron chi connectivity index (χ4n) is 9.78. The van der Waals surface area contributed by atoms with Gasteiger partial charge in [0.05, 0.1) is 66.9 Å². The lowest BCUT2D eigenvalue weighted by molar-refractivity contribution is -0.138. The highest BCUT2D eigenvalue weighted by Gasteiger charge is 2.40. The van der Waals surface area contributed by atoms with Crippen molar-refractivity contribution in [3.05, 3.63) is 102 Å². The molecule has 69 heavy (non-hydrogen) atoms. The van der Waals surface area contributed by atoms with Gasteiger partial charge in [-0.2, -0.15) is 13.2 Å². The van der Waals surface area contributed by atoms with E-state index in [2.05, 4.69) is 20.6 Å². The van der Waals surface area contributed by atoms with E-state index in [9.17, 15) is 32.3 Å². The van der Waals surface area contributed by atoms with Crippen LogP contribution in [0.3, 0.4) is 0 Å². The molecule has 0 aliphatic carbocycles. The minimum Gasteiger partial charge on any atom is -0.465 e. The molecule has 3 aliphatic heterocycles. The molecular weight excluding hydrogens is 896 g/mol. The van der Waals surface area contributed by atoms with E-state index in [1.165, 1.54) is 26.4 Å². The van der Waals surface area contributed by atoms with Gasteiger partial charge in [0.15, 0.2) is 0 Å². The quantitative estimate of drug-likeness (QED) is 0.0982. The summed E-state index contributed by atoms with van der Waals surface area (Å²) in [7, 11) is 2.51. The summed E-state index contributed by atoms with van der Waals surface area (Å²) >= 11 is 0. The van der Waals surface area contributed by atoms with Crippen LogP contribution in [0.2, 0.25) is 0 Å². The van der Waals surface area contributed by atoms with Crippen LogP contribution in [-0.2, 0) is 25.2 Å². The third-order valence-corrected chi connectivity index (χ3v) is 13.4. The number of likely N-dealkylation sites (tertiary alicyclic amines) is 2. The summed E-state index contributed by atoms with van der Waals surface area (Å²) in [5.41, 5.74) is 5.04. The van der Waals surface area contributed by atoms with Crippen LogP contribution in [0.4, 0.5) is 22.8 Å². The molecule has 0 spiro atoms. The third kappa shape index (κ3) is 8.97. The predicted octanol–water partition coefficient (Wildman–Crippen LogP) is 9.13. The molecule has 0 bridgehead atoms. The molecule has 9 rings (SSSR count). The number of nitrogens with one attached hydrogen (secondary N) is 4. The number of fused-ring (bicyclic) bond motifs is 5. The number of alkyl halides is 3. The molecule has 3 aliphatic rings. The van der Waals surface area contributed by atoms with E-state index in [1.807, 2.05) is 74.7 Å². The molecular formula is C50H54F3N9O7. The Bertz CT molecular complexity index is 2910. The molecule has 362 valence electrons. The van der Waals surface area contributed by atoms with Crippen molar-refractivity contribution in [2.75, 3.05) is 27.3 Å². The molecule has 4 N–H and O–H groups in total. The smallest absolute Gasteiger partial charge is 0.416 e. The lowest BCUT2D eigenvalue weighted by atomic mass is 10.0. The van der Waals surface area contributed by atoms with Gasteiger partial charge in [-0.15, -0.1) is 0 Å². The number of carbonyl (C=O) groups excluding carboxylic acids is 4. The van der Waals surface area contributed by atoms with E-state index in [4.69, 9.17) is 24.2 Å². The Kier molecular flexibility index (Phi) is 12.6. The second-order valence-electron chi connectivity index (χ2n) is 18.4. The number of benzene rings is 3. The summed E-state index contributed by atoms with van der Waals surface area (Å²) in [5.74, 6) is 0.934. The molecule has 5 atom stereocenters. The van der Waals surface area contributed by atoms with Crippen molar-refractivity contribution in [2.24, 2.45) is 11.8 Å². The van der Waals surface area contributed by atoms with Crippen molar-refractivity contribution >= 4 is 34.9 Å². The Morgan fingerprint density at radius 2 is 1.25 bits per heavy atom. The standard InChI is InChI=1S/C50H54F3N9O7/c1-26(2)41(58-48(65)67-5)45(63)60-19-7-9-37(60)43-54-24-34(56-43)29-14-18-36-31(21-29)22-39-33-17-13-30(23-40(33)69-47(62(36)39)28-11-15-32(16-12-28)50(51,52)53)35-25-55-44(57-35)38-10-8-20-61(38)46(64)42(27(3)4)59-49(66)68-6/h11-18,21-27,37-38,41-42,47H,7-10,19-20H2,1-6H3,(H,54,56)(H,55,57)(H,58,65)(H,59,66)/t37-,38-,41-,42-,47?/m0/s1. The van der Waals surface area contributed by atoms with Gasteiger partial charge in [-0.3, -0.25) is 9.59 Å². The van der Waals surface area contributed by atoms with E-state index >= 15 is 0 Å². The van der Waals surface area contributed by atoms with Crippen LogP contribution in [0.1, 0.15) is 94.5 Å². The first-order valence-corrected chi connectivity index (χ1v) is 23.1. The second-order valence-corrected chi connectivity index (χ2v) is 18.4. The number of hydrogen-bond donors (Lipinski definition) is 4. The summed E-state index contributed by atoms with van der Waals surface area (Å²) < 4.78 is 59.6. The summed E-state index contributed by atoms with van der Waals surface area (Å²) in [4.78, 5) is 71.6. The fourth-order valence-corrected chi connectivity index (χ4v) is 9.78. The minimum atomic E-state index is -4.52. The zero-order valence-corrected chi connectivity index (χ0v) is 39.0. The zero-order valence-electron chi connectivity index (χ0n) is 39.0. The molecule has 19 heteroatoms. The molecule has 3 aromatic carbocycles. The lowest BCUT2D eigenvalue weighted by Crippen LogP contribution is -2.51. The molecule has 1 unspecified atom stereocenters. The number of rotatable bonds is 11. The van der Waals surface area contributed by atoms with Gasteiger partial charge in [0.1, 0.15) is 29.5 Å². The summed E-state index contributed by atoms with van der Waals surface area (Å²) in [6, 6.07) is 16.5. The molecule has 16 nitrogen and oxygen atoms in total. The number of halogens is 3. The number of imidazole rings is 2. The Balaban J connectivity index is 1.03. The Morgan fingerprint density at radius 3 is 1.75 bits per heavy atom. The molecule has 4 amide bonds. The van der Waals surface area contributed by atoms with E-state index in [-0.39, 0.29) is 35.7 Å². The van der Waals surface area contributed by atoms with Gasteiger partial charge >= 0.3 is 18.4 Å². The van der Waals surface area contributed by atoms with Crippen molar-refractivity contribution < 1.29 is 46.6 Å². The monoisotopic (exact) mass is 949 g/mol. The number of alkyl carbamates (subject to hydrolysis) is 2. The van der Waals surface area contributed by atoms with Crippen molar-refractivity contribution in [2.45, 2.75) is 89.9 Å². The molecule has 6 heterocycles. The maximum absolute atomic E-state index is 13.8. The van der Waals surface area contributed by atoms with E-state index in [0.717, 1.165) is 64.0 Å². The highest BCUT2D eigenvalue weighted by atomic mass is 19.4. The highest BCUT2D eigenvalue weighted by molar-refractivity contribution is 5.93. The van der Waals surface area contributed by atoms with Crippen molar-refractivity contribution in [3.8, 4) is 39.5 Å². The van der Waals surface area contributed by atoms with Crippen LogP contribution in [0.25, 0.3) is 44.7 Å². The van der Waals surface area contributed by atoms with E-state index in [0.29, 0.717) is 54.6 Å². The normalized spacial score (nSPS) is 18.7. The first-order valence-electron chi connectivity index (χ1n) is 23.1. The van der Waals surface area contributed by atoms with Gasteiger partial charge < -0.3 is 49.2 Å². The zero-order chi connectivity index (χ0) is 48.9. The van der Waals surface area contributed by atoms with Crippen LogP contribution in [0.5, 0.6) is 5.75 Å². The molecule has 0 radical (unpaired) electrons. The van der Waals surface area contributed by atoms with E-state index in [1.54, 1.807) is 22.2 Å². The maximum atomic E-state index is 13.8. The van der Waals surface area contributed by atoms with Crippen LogP contribution < -0.4 is 15.4 Å². The predicted molar refractivity (Wildman–Crippen MR) is 248 cm³/mol. The van der Waals surface area contributed by atoms with Crippen molar-refractivity contribution in [1.82, 2.24) is 44.9 Å². The number of nitrogens with zero attached hydrogens (tertiary/aromatic N) is 5. The van der Waals surface area contributed by atoms with Gasteiger partial charge in [0, 0.05) is 40.7 Å². The average Bonchev–Trinajstić information content (AvgIpc) is 4.20. The number of ether oxygens (including phenoxy) is 3. The molecule has 2 saturated heterocycles. The van der Waals surface area contributed by atoms with Crippen LogP contribution in [-0.4, -0.2) is 97.7 Å². The molecule has 0 saturated carbocycles. The van der Waals surface area contributed by atoms with Crippen LogP contribution in [0, 0.1) is 11.8 Å². The Morgan fingerprint density at radius 1 is 0.725 bits per heavy atom. The summed E-state index contributed by atoms with van der Waals surface area (Å²) in [6.45, 7) is 8.46. The molecule has 6 aromatic rings. The molecule has 2 fully saturated rings. The first kappa shape index (κ1) is 46.8. The number of methoxy groups -OCH3 is 2. The Hall–Kier alpha value is -7.31. The number of amides is 4. The largest absolute Gasteiger partial charge is 0.465 e. The topological polar surface area (TPSA) is 189 Å². The SMILES string of the molecule is COC(=O)N[C@H](C(=O)N1CCC[C@H]1c1ncc(-c2ccc3c(c2)OC(c2ccc(C(F)(F)F)cc2)n2c-3cc3cc(-c4cnc([C@@H]5CCCN5C(=O)[C@@H](NC(=O)OC)C(C)C)[nH]4)ccc32)[nH]1)C(C)C. The van der Waals surface area contributed by atoms with Crippen molar-refractivity contribution in [3.63, 3.8) is 0 Å². The lowest BCUT2D eigenvalue weighted by Gasteiger charge is -2.31. The highest BCUT2D eigenvalue weighted by Crippen LogP contribution is 2.47. The fraction of sp³-hybridized carbons (Fsp3) is 0.400. The van der Waals surface area contributed by atoms with Gasteiger partial charge in [-0.1, -0.05) is 52.0 Å². The third-order valence-electron chi connectivity index (χ3n) is 13.4. The summed E-state index contributed by atoms with van der Waals surface area (Å²) in [5, 5.41) is 6.20. The number of carbonyl (C=O) groups is 4. The number of aromatic nitrogens is 5. The van der Waals surface area contributed by atoms with E-state index < -0.39 is 42.2 Å². The minimum absolute atomic E-state index is 0.176. The second kappa shape index (κ2) is 18.6. The number of H-pyrrole nitrogens is 2. The van der Waals surface area contributed by atoms with Crippen LogP contribution >= 0.6 is 0 Å². The Labute approximate surface area is 395 Å². The number of aromatic amines is 2. The average molecular weight is 950 g/mol.